The molecule has 0 aliphatic carbocycles. The number of rotatable bonds is 15. The lowest BCUT2D eigenvalue weighted by molar-refractivity contribution is -0.145. The van der Waals surface area contributed by atoms with Crippen LogP contribution in [0.3, 0.4) is 0 Å². The second kappa shape index (κ2) is 16.7. The highest BCUT2D eigenvalue weighted by Gasteiger charge is 2.32. The minimum Gasteiger partial charge on any atom is -0.501 e. The molecule has 17 heteroatoms. The summed E-state index contributed by atoms with van der Waals surface area (Å²) >= 11 is 0. The van der Waals surface area contributed by atoms with Crippen molar-refractivity contribution in [3.8, 4) is 23.0 Å². The fourth-order valence-electron chi connectivity index (χ4n) is 6.54. The molecule has 0 bridgehead atoms. The molecule has 0 unspecified atom stereocenters. The highest BCUT2D eigenvalue weighted by atomic mass is 32.2. The van der Waals surface area contributed by atoms with Crippen LogP contribution in [0.15, 0.2) is 119 Å². The molecule has 0 aromatic heterocycles. The zero-order chi connectivity index (χ0) is 41.7. The number of esters is 1. The van der Waals surface area contributed by atoms with Gasteiger partial charge >= 0.3 is 37.6 Å². The summed E-state index contributed by atoms with van der Waals surface area (Å²) in [6.45, 7) is 4.48. The molecule has 0 aliphatic rings. The summed E-state index contributed by atoms with van der Waals surface area (Å²) in [5.41, 5.74) is 0.122. The lowest BCUT2D eigenvalue weighted by Crippen LogP contribution is -2.25. The van der Waals surface area contributed by atoms with Crippen molar-refractivity contribution in [2.75, 3.05) is 19.8 Å². The predicted octanol–water partition coefficient (Wildman–Crippen LogP) is 8.57. The van der Waals surface area contributed by atoms with E-state index in [1.165, 1.54) is 84.9 Å². The molecule has 0 amide bonds. The second-order valence-corrected chi connectivity index (χ2v) is 16.2. The van der Waals surface area contributed by atoms with Crippen LogP contribution in [-0.4, -0.2) is 52.8 Å². The van der Waals surface area contributed by atoms with Crippen LogP contribution in [0.4, 0.5) is 11.4 Å². The van der Waals surface area contributed by atoms with Gasteiger partial charge in [-0.25, -0.2) is 0 Å². The minimum atomic E-state index is -4.43. The van der Waals surface area contributed by atoms with E-state index in [1.54, 1.807) is 24.3 Å². The van der Waals surface area contributed by atoms with Crippen molar-refractivity contribution in [1.82, 2.24) is 0 Å². The molecule has 0 saturated heterocycles. The first-order valence-corrected chi connectivity index (χ1v) is 20.6. The Balaban J connectivity index is 1.28. The maximum atomic E-state index is 13.5. The van der Waals surface area contributed by atoms with E-state index in [9.17, 15) is 31.8 Å². The first-order valence-electron chi connectivity index (χ1n) is 17.8. The normalized spacial score (nSPS) is 11.8. The molecule has 0 saturated carbocycles. The number of aromatic hydroxyl groups is 2. The van der Waals surface area contributed by atoms with Crippen LogP contribution in [0.1, 0.15) is 37.8 Å². The van der Waals surface area contributed by atoms with E-state index < -0.39 is 43.1 Å². The number of carbonyl (C=O) groups is 1. The zero-order valence-electron chi connectivity index (χ0n) is 31.1. The molecule has 15 nitrogen and oxygen atoms in total. The Hall–Kier alpha value is -6.79. The van der Waals surface area contributed by atoms with Crippen molar-refractivity contribution in [2.24, 2.45) is 0 Å². The molecule has 6 aromatic rings. The van der Waals surface area contributed by atoms with Gasteiger partial charge in [-0.1, -0.05) is 55.5 Å². The molecular formula is C41H36N4O11S2+2. The van der Waals surface area contributed by atoms with Crippen LogP contribution in [-0.2, 0) is 39.9 Å². The Morgan fingerprint density at radius 1 is 0.638 bits per heavy atom. The van der Waals surface area contributed by atoms with Gasteiger partial charge in [-0.05, 0) is 73.0 Å². The number of fused-ring (bicyclic) bond motifs is 2. The van der Waals surface area contributed by atoms with Gasteiger partial charge in [0.05, 0.1) is 6.61 Å². The van der Waals surface area contributed by atoms with E-state index in [0.717, 1.165) is 0 Å². The molecular weight excluding hydrogens is 789 g/mol. The Kier molecular flexibility index (Phi) is 11.8. The molecule has 6 rings (SSSR count). The highest BCUT2D eigenvalue weighted by molar-refractivity contribution is 7.87. The van der Waals surface area contributed by atoms with Crippen LogP contribution in [0.25, 0.3) is 31.5 Å². The largest absolute Gasteiger partial charge is 0.501 e. The van der Waals surface area contributed by atoms with E-state index >= 15 is 0 Å². The quantitative estimate of drug-likeness (QED) is 0.0429. The van der Waals surface area contributed by atoms with Gasteiger partial charge < -0.3 is 28.1 Å². The number of hydrogen-bond donors (Lipinski definition) is 2. The molecule has 0 fully saturated rings. The molecule has 0 aliphatic heterocycles. The lowest BCUT2D eigenvalue weighted by atomic mass is 9.73. The molecule has 58 heavy (non-hydrogen) atoms. The van der Waals surface area contributed by atoms with E-state index in [1.807, 2.05) is 13.8 Å². The second-order valence-electron chi connectivity index (χ2n) is 13.1. The number of ether oxygens (including phenoxy) is 2. The van der Waals surface area contributed by atoms with Gasteiger partial charge in [-0.3, -0.25) is 4.79 Å². The molecule has 0 heterocycles. The first kappa shape index (κ1) is 40.9. The maximum Gasteiger partial charge on any atom is 0.426 e. The number of diazo groups is 2. The van der Waals surface area contributed by atoms with Gasteiger partial charge in [0, 0.05) is 52.1 Å². The van der Waals surface area contributed by atoms with Crippen molar-refractivity contribution in [3.05, 3.63) is 130 Å². The summed E-state index contributed by atoms with van der Waals surface area (Å²) in [5, 5.41) is 39.8. The number of phenolic OH excluding ortho intramolecular Hbond substituents is 2. The predicted molar refractivity (Wildman–Crippen MR) is 212 cm³/mol. The third kappa shape index (κ3) is 8.33. The topological polar surface area (TPSA) is 219 Å². The third-order valence-corrected chi connectivity index (χ3v) is 12.2. The highest BCUT2D eigenvalue weighted by Crippen LogP contribution is 2.41. The Morgan fingerprint density at radius 3 is 1.50 bits per heavy atom. The molecule has 0 atom stereocenters. The lowest BCUT2D eigenvalue weighted by Gasteiger charge is -2.31. The van der Waals surface area contributed by atoms with Gasteiger partial charge in [0.2, 0.25) is 22.3 Å². The maximum absolute atomic E-state index is 13.5. The fourth-order valence-corrected chi connectivity index (χ4v) is 8.83. The Labute approximate surface area is 333 Å². The van der Waals surface area contributed by atoms with Crippen LogP contribution in [0.2, 0.25) is 0 Å². The molecule has 2 N–H and O–H groups in total. The van der Waals surface area contributed by atoms with Crippen molar-refractivity contribution in [2.45, 2.75) is 41.9 Å². The average Bonchev–Trinajstić information content (AvgIpc) is 3.22. The summed E-state index contributed by atoms with van der Waals surface area (Å²) in [7, 11) is -8.87. The SMILES string of the molecule is CCOCCOC(=O)CCC(C)(c1ccc(OS(=O)(=O)c2cccc3c(O)c([N+]#N)ccc23)cc1)c1ccc(OS(=O)(=O)c2cccc3c(O)c([N+]#N)ccc23)cc1. The summed E-state index contributed by atoms with van der Waals surface area (Å²) in [6, 6.07) is 26.2. The molecule has 0 radical (unpaired) electrons. The van der Waals surface area contributed by atoms with Gasteiger partial charge in [-0.2, -0.15) is 16.8 Å². The van der Waals surface area contributed by atoms with E-state index in [0.29, 0.717) is 17.7 Å². The number of carbonyl (C=O) groups excluding carboxylic acids is 1. The summed E-state index contributed by atoms with van der Waals surface area (Å²) < 4.78 is 75.6. The van der Waals surface area contributed by atoms with Gasteiger partial charge in [0.1, 0.15) is 27.9 Å². The van der Waals surface area contributed by atoms with Crippen molar-refractivity contribution >= 4 is 59.1 Å². The van der Waals surface area contributed by atoms with Crippen LogP contribution in [0.5, 0.6) is 23.0 Å². The smallest absolute Gasteiger partial charge is 0.426 e. The van der Waals surface area contributed by atoms with Crippen molar-refractivity contribution < 1.29 is 49.7 Å². The number of phenols is 2. The molecule has 0 spiro atoms. The monoisotopic (exact) mass is 824 g/mol. The van der Waals surface area contributed by atoms with E-state index in [2.05, 4.69) is 9.95 Å². The van der Waals surface area contributed by atoms with Crippen molar-refractivity contribution in [3.63, 3.8) is 0 Å². The molecule has 6 aromatic carbocycles. The average molecular weight is 825 g/mol. The Morgan fingerprint density at radius 2 is 1.09 bits per heavy atom. The zero-order valence-corrected chi connectivity index (χ0v) is 32.7. The van der Waals surface area contributed by atoms with Gasteiger partial charge in [-0.15, -0.1) is 0 Å². The van der Waals surface area contributed by atoms with Gasteiger partial charge in [0.15, 0.2) is 9.95 Å². The van der Waals surface area contributed by atoms with Crippen LogP contribution >= 0.6 is 0 Å². The standard InChI is InChI=1S/C41H34N4O11S2/c1-3-53-24-25-54-38(46)22-23-41(2,26-10-14-28(15-11-26)55-57(49,50)36-8-4-6-32-30(36)18-20-34(44-42)39(32)47)27-12-16-29(17-13-27)56-58(51,52)37-9-5-7-33-31(37)19-21-35(45-43)40(33)48/h4-21H,3,22-25H2,1-2H3/p+2. The van der Waals surface area contributed by atoms with Gasteiger partial charge in [0.25, 0.3) is 0 Å². The molecule has 296 valence electrons. The number of benzene rings is 6. The van der Waals surface area contributed by atoms with E-state index in [4.69, 9.17) is 28.6 Å². The minimum absolute atomic E-state index is 0.0136. The first-order chi connectivity index (χ1) is 27.7. The summed E-state index contributed by atoms with van der Waals surface area (Å²) in [4.78, 5) is 18.4. The van der Waals surface area contributed by atoms with Crippen molar-refractivity contribution in [1.29, 1.82) is 10.8 Å². The third-order valence-electron chi connectivity index (χ3n) is 9.62. The summed E-state index contributed by atoms with van der Waals surface area (Å²) in [6.07, 6.45) is 0.209. The fraction of sp³-hybridized carbons (Fsp3) is 0.195. The summed E-state index contributed by atoms with van der Waals surface area (Å²) in [5.74, 6) is -1.32. The number of hydrogen-bond acceptors (Lipinski definition) is 13. The van der Waals surface area contributed by atoms with Crippen LogP contribution in [0, 0.1) is 10.8 Å². The number of nitrogens with zero attached hydrogens (tertiary/aromatic N) is 4. The van der Waals surface area contributed by atoms with E-state index in [-0.39, 0.29) is 80.3 Å². The Bertz CT molecular complexity index is 2660. The van der Waals surface area contributed by atoms with Crippen LogP contribution < -0.4 is 8.37 Å².